The van der Waals surface area contributed by atoms with Crippen molar-refractivity contribution in [3.8, 4) is 0 Å². The number of hydrogen-bond acceptors (Lipinski definition) is 2. The van der Waals surface area contributed by atoms with Crippen LogP contribution in [0.15, 0.2) is 22.7 Å². The molecule has 0 fully saturated rings. The van der Waals surface area contributed by atoms with Crippen LogP contribution in [0.4, 0.5) is 0 Å². The molecule has 0 bridgehead atoms. The quantitative estimate of drug-likeness (QED) is 0.878. The van der Waals surface area contributed by atoms with Gasteiger partial charge >= 0.3 is 0 Å². The molecular formula is C14H21BrN2O. The topological polar surface area (TPSA) is 55.1 Å². The molecule has 0 spiro atoms. The van der Waals surface area contributed by atoms with Gasteiger partial charge in [0.2, 0.25) is 0 Å². The summed E-state index contributed by atoms with van der Waals surface area (Å²) in [4.78, 5) is 12.2. The number of amides is 1. The molecule has 100 valence electrons. The monoisotopic (exact) mass is 312 g/mol. The highest BCUT2D eigenvalue weighted by Crippen LogP contribution is 2.21. The number of carbonyl (C=O) groups is 1. The van der Waals surface area contributed by atoms with Crippen LogP contribution < -0.4 is 11.1 Å². The van der Waals surface area contributed by atoms with E-state index in [1.807, 2.05) is 25.1 Å². The molecule has 3 nitrogen and oxygen atoms in total. The summed E-state index contributed by atoms with van der Waals surface area (Å²) < 4.78 is 0.850. The summed E-state index contributed by atoms with van der Waals surface area (Å²) in [5.74, 6) is 0.446. The Balaban J connectivity index is 2.78. The van der Waals surface area contributed by atoms with Crippen molar-refractivity contribution < 1.29 is 4.79 Å². The molecule has 1 aromatic carbocycles. The molecule has 0 aliphatic rings. The molecule has 0 saturated heterocycles. The Kier molecular flexibility index (Phi) is 5.82. The van der Waals surface area contributed by atoms with E-state index < -0.39 is 0 Å². The summed E-state index contributed by atoms with van der Waals surface area (Å²) in [6, 6.07) is 5.70. The minimum absolute atomic E-state index is 0.0323. The fraction of sp³-hybridized carbons (Fsp3) is 0.500. The second kappa shape index (κ2) is 6.90. The van der Waals surface area contributed by atoms with E-state index in [2.05, 4.69) is 35.1 Å². The molecule has 1 atom stereocenters. The number of benzene rings is 1. The average Bonchev–Trinajstić information content (AvgIpc) is 2.31. The van der Waals surface area contributed by atoms with E-state index in [4.69, 9.17) is 5.73 Å². The molecule has 1 rings (SSSR count). The van der Waals surface area contributed by atoms with Gasteiger partial charge < -0.3 is 11.1 Å². The minimum Gasteiger partial charge on any atom is -0.348 e. The van der Waals surface area contributed by atoms with E-state index in [0.29, 0.717) is 18.0 Å². The Bertz CT molecular complexity index is 418. The number of aryl methyl sites for hydroxylation is 1. The molecule has 0 aliphatic carbocycles. The molecule has 0 aliphatic heterocycles. The lowest BCUT2D eigenvalue weighted by atomic mass is 10.0. The van der Waals surface area contributed by atoms with Gasteiger partial charge in [-0.1, -0.05) is 26.0 Å². The van der Waals surface area contributed by atoms with Crippen LogP contribution in [-0.2, 0) is 0 Å². The lowest BCUT2D eigenvalue weighted by Gasteiger charge is -2.19. The molecule has 1 unspecified atom stereocenters. The number of hydrogen-bond donors (Lipinski definition) is 2. The van der Waals surface area contributed by atoms with Crippen molar-refractivity contribution in [2.45, 2.75) is 33.2 Å². The van der Waals surface area contributed by atoms with Crippen molar-refractivity contribution in [3.05, 3.63) is 33.8 Å². The summed E-state index contributed by atoms with van der Waals surface area (Å²) in [5.41, 5.74) is 7.40. The molecule has 0 aromatic heterocycles. The number of halogens is 1. The van der Waals surface area contributed by atoms with Crippen LogP contribution in [0.5, 0.6) is 0 Å². The second-order valence-electron chi connectivity index (χ2n) is 4.97. The first-order valence-corrected chi connectivity index (χ1v) is 7.01. The van der Waals surface area contributed by atoms with Crippen LogP contribution in [0.2, 0.25) is 0 Å². The van der Waals surface area contributed by atoms with Gasteiger partial charge in [-0.25, -0.2) is 0 Å². The van der Waals surface area contributed by atoms with Crippen LogP contribution >= 0.6 is 15.9 Å². The zero-order valence-corrected chi connectivity index (χ0v) is 12.8. The molecule has 1 aromatic rings. The summed E-state index contributed by atoms with van der Waals surface area (Å²) in [6.07, 6.45) is 0.895. The predicted octanol–water partition coefficient (Wildman–Crippen LogP) is 2.86. The third-order valence-corrected chi connectivity index (χ3v) is 3.86. The van der Waals surface area contributed by atoms with Crippen LogP contribution in [-0.4, -0.2) is 18.5 Å². The first kappa shape index (κ1) is 15.2. The molecule has 4 heteroatoms. The van der Waals surface area contributed by atoms with Gasteiger partial charge in [0.05, 0.1) is 5.56 Å². The number of nitrogens with one attached hydrogen (secondary N) is 1. The highest BCUT2D eigenvalue weighted by atomic mass is 79.9. The van der Waals surface area contributed by atoms with Crippen LogP contribution in [0.3, 0.4) is 0 Å². The highest BCUT2D eigenvalue weighted by Gasteiger charge is 2.16. The Morgan fingerprint density at radius 2 is 2.11 bits per heavy atom. The minimum atomic E-state index is -0.0679. The third kappa shape index (κ3) is 4.10. The summed E-state index contributed by atoms with van der Waals surface area (Å²) >= 11 is 3.45. The molecular weight excluding hydrogens is 292 g/mol. The van der Waals surface area contributed by atoms with E-state index in [1.165, 1.54) is 0 Å². The Morgan fingerprint density at radius 3 is 2.67 bits per heavy atom. The fourth-order valence-electron chi connectivity index (χ4n) is 1.87. The molecule has 18 heavy (non-hydrogen) atoms. The maximum atomic E-state index is 12.2. The van der Waals surface area contributed by atoms with E-state index in [1.54, 1.807) is 0 Å². The Morgan fingerprint density at radius 1 is 1.44 bits per heavy atom. The van der Waals surface area contributed by atoms with Crippen molar-refractivity contribution in [1.82, 2.24) is 5.32 Å². The fourth-order valence-corrected chi connectivity index (χ4v) is 2.31. The largest absolute Gasteiger partial charge is 0.348 e. The van der Waals surface area contributed by atoms with Crippen molar-refractivity contribution in [2.75, 3.05) is 6.54 Å². The van der Waals surface area contributed by atoms with Crippen LogP contribution in [0, 0.1) is 12.8 Å². The van der Waals surface area contributed by atoms with Gasteiger partial charge in [-0.05, 0) is 46.8 Å². The van der Waals surface area contributed by atoms with Gasteiger partial charge in [-0.15, -0.1) is 0 Å². The SMILES string of the molecule is Cc1cccc(C(=O)NC(CN)CC(C)C)c1Br. The average molecular weight is 313 g/mol. The van der Waals surface area contributed by atoms with E-state index >= 15 is 0 Å². The van der Waals surface area contributed by atoms with Gasteiger partial charge in [0, 0.05) is 17.1 Å². The molecule has 0 heterocycles. The summed E-state index contributed by atoms with van der Waals surface area (Å²) in [5, 5.41) is 2.99. The van der Waals surface area contributed by atoms with Crippen molar-refractivity contribution in [2.24, 2.45) is 11.7 Å². The second-order valence-corrected chi connectivity index (χ2v) is 5.77. The first-order chi connectivity index (χ1) is 8.45. The number of carbonyl (C=O) groups excluding carboxylic acids is 1. The highest BCUT2D eigenvalue weighted by molar-refractivity contribution is 9.10. The number of nitrogens with two attached hydrogens (primary N) is 1. The van der Waals surface area contributed by atoms with Crippen LogP contribution in [0.25, 0.3) is 0 Å². The van der Waals surface area contributed by atoms with Gasteiger partial charge in [0.1, 0.15) is 0 Å². The predicted molar refractivity (Wildman–Crippen MR) is 78.6 cm³/mol. The Hall–Kier alpha value is -0.870. The van der Waals surface area contributed by atoms with E-state index in [-0.39, 0.29) is 11.9 Å². The Labute approximate surface area is 117 Å². The van der Waals surface area contributed by atoms with Gasteiger partial charge in [0.25, 0.3) is 5.91 Å². The molecule has 1 amide bonds. The summed E-state index contributed by atoms with van der Waals surface area (Å²) in [6.45, 7) is 6.68. The lowest BCUT2D eigenvalue weighted by molar-refractivity contribution is 0.0933. The third-order valence-electron chi connectivity index (χ3n) is 2.81. The van der Waals surface area contributed by atoms with E-state index in [0.717, 1.165) is 16.5 Å². The van der Waals surface area contributed by atoms with Gasteiger partial charge in [-0.3, -0.25) is 4.79 Å². The van der Waals surface area contributed by atoms with Crippen molar-refractivity contribution in [3.63, 3.8) is 0 Å². The first-order valence-electron chi connectivity index (χ1n) is 6.21. The van der Waals surface area contributed by atoms with Crippen LogP contribution in [0.1, 0.15) is 36.2 Å². The smallest absolute Gasteiger partial charge is 0.252 e. The molecule has 3 N–H and O–H groups in total. The zero-order chi connectivity index (χ0) is 13.7. The zero-order valence-electron chi connectivity index (χ0n) is 11.2. The van der Waals surface area contributed by atoms with Gasteiger partial charge in [0.15, 0.2) is 0 Å². The standard InChI is InChI=1S/C14H21BrN2O/c1-9(2)7-11(8-16)17-14(18)12-6-4-5-10(3)13(12)15/h4-6,9,11H,7-8,16H2,1-3H3,(H,17,18). The van der Waals surface area contributed by atoms with Gasteiger partial charge in [-0.2, -0.15) is 0 Å². The van der Waals surface area contributed by atoms with Crippen molar-refractivity contribution in [1.29, 1.82) is 0 Å². The van der Waals surface area contributed by atoms with Crippen molar-refractivity contribution >= 4 is 21.8 Å². The maximum Gasteiger partial charge on any atom is 0.252 e. The normalized spacial score (nSPS) is 12.6. The van der Waals surface area contributed by atoms with E-state index in [9.17, 15) is 4.79 Å². The lowest BCUT2D eigenvalue weighted by Crippen LogP contribution is -2.41. The summed E-state index contributed by atoms with van der Waals surface area (Å²) in [7, 11) is 0. The number of rotatable bonds is 5. The maximum absolute atomic E-state index is 12.2. The molecule has 0 saturated carbocycles. The molecule has 0 radical (unpaired) electrons.